The molecule has 0 spiro atoms. The van der Waals surface area contributed by atoms with E-state index in [0.29, 0.717) is 5.58 Å². The summed E-state index contributed by atoms with van der Waals surface area (Å²) in [6.45, 7) is 0. The fraction of sp³-hybridized carbons (Fsp3) is 0. The number of nitrogens with two attached hydrogens (primary N) is 1. The van der Waals surface area contributed by atoms with E-state index in [1.54, 1.807) is 24.5 Å². The lowest BCUT2D eigenvalue weighted by molar-refractivity contribution is 0.0976. The zero-order valence-electron chi connectivity index (χ0n) is 9.33. The van der Waals surface area contributed by atoms with Gasteiger partial charge in [0.25, 0.3) is 5.91 Å². The van der Waals surface area contributed by atoms with Gasteiger partial charge < -0.3 is 10.2 Å². The predicted octanol–water partition coefficient (Wildman–Crippen LogP) is 1.99. The van der Waals surface area contributed by atoms with Crippen molar-refractivity contribution in [3.8, 4) is 11.1 Å². The average molecular weight is 239 g/mol. The van der Waals surface area contributed by atoms with Gasteiger partial charge in [-0.3, -0.25) is 4.79 Å². The van der Waals surface area contributed by atoms with Crippen molar-refractivity contribution in [2.75, 3.05) is 0 Å². The lowest BCUT2D eigenvalue weighted by Gasteiger charge is -1.99. The Morgan fingerprint density at radius 3 is 2.61 bits per heavy atom. The molecule has 0 saturated carbocycles. The first kappa shape index (κ1) is 10.5. The van der Waals surface area contributed by atoms with E-state index in [0.717, 1.165) is 16.5 Å². The standard InChI is InChI=1S/C13H9N3O2/c14-13(17)12-4-9-3-8(1-2-11(9)18-12)10-5-15-7-16-6-10/h1-7H,(H2,14,17). The Bertz CT molecular complexity index is 719. The molecule has 88 valence electrons. The van der Waals surface area contributed by atoms with Crippen molar-refractivity contribution >= 4 is 16.9 Å². The molecule has 2 heterocycles. The van der Waals surface area contributed by atoms with E-state index in [1.165, 1.54) is 6.33 Å². The van der Waals surface area contributed by atoms with Crippen LogP contribution in [0.4, 0.5) is 0 Å². The number of hydrogen-bond donors (Lipinski definition) is 1. The number of amides is 1. The zero-order chi connectivity index (χ0) is 12.5. The number of nitrogens with zero attached hydrogens (tertiary/aromatic N) is 2. The second kappa shape index (κ2) is 3.96. The van der Waals surface area contributed by atoms with Crippen LogP contribution in [0.3, 0.4) is 0 Å². The molecule has 5 nitrogen and oxygen atoms in total. The SMILES string of the molecule is NC(=O)c1cc2cc(-c3cncnc3)ccc2o1. The normalized spacial score (nSPS) is 10.7. The van der Waals surface area contributed by atoms with Crippen LogP contribution in [0, 0.1) is 0 Å². The summed E-state index contributed by atoms with van der Waals surface area (Å²) in [7, 11) is 0. The van der Waals surface area contributed by atoms with Crippen molar-refractivity contribution in [3.05, 3.63) is 48.7 Å². The van der Waals surface area contributed by atoms with Gasteiger partial charge in [-0.15, -0.1) is 0 Å². The maximum atomic E-state index is 11.0. The fourth-order valence-corrected chi connectivity index (χ4v) is 1.79. The summed E-state index contributed by atoms with van der Waals surface area (Å²) < 4.78 is 5.31. The molecule has 1 amide bonds. The molecule has 0 aliphatic rings. The highest BCUT2D eigenvalue weighted by Gasteiger charge is 2.09. The van der Waals surface area contributed by atoms with Crippen LogP contribution in [0.1, 0.15) is 10.6 Å². The average Bonchev–Trinajstić information content (AvgIpc) is 2.82. The molecule has 5 heteroatoms. The summed E-state index contributed by atoms with van der Waals surface area (Å²) in [4.78, 5) is 19.0. The summed E-state index contributed by atoms with van der Waals surface area (Å²) in [6, 6.07) is 7.22. The Morgan fingerprint density at radius 1 is 1.11 bits per heavy atom. The molecule has 2 N–H and O–H groups in total. The van der Waals surface area contributed by atoms with Crippen LogP contribution in [-0.4, -0.2) is 15.9 Å². The smallest absolute Gasteiger partial charge is 0.284 e. The summed E-state index contributed by atoms with van der Waals surface area (Å²) in [5, 5.41) is 0.824. The van der Waals surface area contributed by atoms with Crippen molar-refractivity contribution in [2.45, 2.75) is 0 Å². The molecular weight excluding hydrogens is 230 g/mol. The molecule has 0 unspecified atom stereocenters. The summed E-state index contributed by atoms with van der Waals surface area (Å²) in [5.41, 5.74) is 7.67. The number of primary amides is 1. The van der Waals surface area contributed by atoms with Gasteiger partial charge in [-0.05, 0) is 23.8 Å². The minimum atomic E-state index is -0.573. The lowest BCUT2D eigenvalue weighted by Crippen LogP contribution is -2.08. The van der Waals surface area contributed by atoms with Gasteiger partial charge >= 0.3 is 0 Å². The van der Waals surface area contributed by atoms with Gasteiger partial charge in [-0.25, -0.2) is 9.97 Å². The monoisotopic (exact) mass is 239 g/mol. The van der Waals surface area contributed by atoms with Crippen molar-refractivity contribution in [3.63, 3.8) is 0 Å². The lowest BCUT2D eigenvalue weighted by atomic mass is 10.1. The maximum absolute atomic E-state index is 11.0. The Balaban J connectivity index is 2.14. The molecule has 0 saturated heterocycles. The number of carbonyl (C=O) groups is 1. The molecule has 3 rings (SSSR count). The van der Waals surface area contributed by atoms with Crippen LogP contribution in [-0.2, 0) is 0 Å². The Labute approximate surface area is 102 Å². The largest absolute Gasteiger partial charge is 0.451 e. The molecular formula is C13H9N3O2. The Hall–Kier alpha value is -2.69. The highest BCUT2D eigenvalue weighted by molar-refractivity contribution is 5.95. The van der Waals surface area contributed by atoms with Gasteiger partial charge in [0.05, 0.1) is 0 Å². The highest BCUT2D eigenvalue weighted by atomic mass is 16.3. The number of rotatable bonds is 2. The van der Waals surface area contributed by atoms with Crippen LogP contribution in [0.5, 0.6) is 0 Å². The van der Waals surface area contributed by atoms with Crippen molar-refractivity contribution in [1.29, 1.82) is 0 Å². The van der Waals surface area contributed by atoms with E-state index >= 15 is 0 Å². The minimum absolute atomic E-state index is 0.159. The van der Waals surface area contributed by atoms with Gasteiger partial charge in [0, 0.05) is 23.3 Å². The van der Waals surface area contributed by atoms with Crippen molar-refractivity contribution < 1.29 is 9.21 Å². The number of aromatic nitrogens is 2. The second-order valence-electron chi connectivity index (χ2n) is 3.85. The van der Waals surface area contributed by atoms with E-state index in [2.05, 4.69) is 9.97 Å². The van der Waals surface area contributed by atoms with Crippen LogP contribution in [0.15, 0.2) is 47.4 Å². The quantitative estimate of drug-likeness (QED) is 0.741. The van der Waals surface area contributed by atoms with Gasteiger partial charge in [-0.1, -0.05) is 6.07 Å². The summed E-state index contributed by atoms with van der Waals surface area (Å²) in [6.07, 6.45) is 4.93. The third-order valence-electron chi connectivity index (χ3n) is 2.65. The van der Waals surface area contributed by atoms with Crippen LogP contribution >= 0.6 is 0 Å². The van der Waals surface area contributed by atoms with Crippen LogP contribution in [0.25, 0.3) is 22.1 Å². The van der Waals surface area contributed by atoms with Gasteiger partial charge in [0.2, 0.25) is 0 Å². The molecule has 0 bridgehead atoms. The molecule has 0 fully saturated rings. The van der Waals surface area contributed by atoms with Crippen LogP contribution < -0.4 is 5.73 Å². The molecule has 0 aliphatic heterocycles. The van der Waals surface area contributed by atoms with E-state index in [1.807, 2.05) is 12.1 Å². The third-order valence-corrected chi connectivity index (χ3v) is 2.65. The second-order valence-corrected chi connectivity index (χ2v) is 3.85. The molecule has 0 aliphatic carbocycles. The first-order valence-electron chi connectivity index (χ1n) is 5.33. The number of benzene rings is 1. The minimum Gasteiger partial charge on any atom is -0.451 e. The molecule has 18 heavy (non-hydrogen) atoms. The number of fused-ring (bicyclic) bond motifs is 1. The Kier molecular flexibility index (Phi) is 2.30. The van der Waals surface area contributed by atoms with E-state index in [-0.39, 0.29) is 5.76 Å². The van der Waals surface area contributed by atoms with E-state index in [4.69, 9.17) is 10.2 Å². The molecule has 0 radical (unpaired) electrons. The highest BCUT2D eigenvalue weighted by Crippen LogP contribution is 2.25. The molecule has 2 aromatic heterocycles. The van der Waals surface area contributed by atoms with Gasteiger partial charge in [0.1, 0.15) is 11.9 Å². The number of furan rings is 1. The van der Waals surface area contributed by atoms with Crippen LogP contribution in [0.2, 0.25) is 0 Å². The Morgan fingerprint density at radius 2 is 1.89 bits per heavy atom. The molecule has 1 aromatic carbocycles. The summed E-state index contributed by atoms with van der Waals surface area (Å²) in [5.74, 6) is -0.415. The van der Waals surface area contributed by atoms with Gasteiger partial charge in [0.15, 0.2) is 5.76 Å². The summed E-state index contributed by atoms with van der Waals surface area (Å²) >= 11 is 0. The third kappa shape index (κ3) is 1.71. The van der Waals surface area contributed by atoms with Crippen molar-refractivity contribution in [2.24, 2.45) is 5.73 Å². The van der Waals surface area contributed by atoms with E-state index in [9.17, 15) is 4.79 Å². The molecule has 3 aromatic rings. The van der Waals surface area contributed by atoms with Crippen molar-refractivity contribution in [1.82, 2.24) is 9.97 Å². The zero-order valence-corrected chi connectivity index (χ0v) is 9.33. The predicted molar refractivity (Wildman–Crippen MR) is 65.8 cm³/mol. The number of carbonyl (C=O) groups excluding carboxylic acids is 1. The fourth-order valence-electron chi connectivity index (χ4n) is 1.79. The first-order chi connectivity index (χ1) is 8.74. The first-order valence-corrected chi connectivity index (χ1v) is 5.33. The topological polar surface area (TPSA) is 82.0 Å². The van der Waals surface area contributed by atoms with E-state index < -0.39 is 5.91 Å². The maximum Gasteiger partial charge on any atom is 0.284 e. The number of hydrogen-bond acceptors (Lipinski definition) is 4. The van der Waals surface area contributed by atoms with Gasteiger partial charge in [-0.2, -0.15) is 0 Å². The molecule has 0 atom stereocenters.